The Kier molecular flexibility index (Phi) is 3.48. The molecule has 2 aromatic heterocycles. The number of aryl methyl sites for hydroxylation is 1. The molecule has 2 rings (SSSR count). The lowest BCUT2D eigenvalue weighted by molar-refractivity contribution is 0.673. The SMILES string of the molecule is CC[C@H](N)c1ccc(-n2nc(C)c(C)c2C)cn1. The number of hydrogen-bond donors (Lipinski definition) is 1. The van der Waals surface area contributed by atoms with Gasteiger partial charge in [0.2, 0.25) is 0 Å². The lowest BCUT2D eigenvalue weighted by Crippen LogP contribution is -2.11. The molecule has 4 nitrogen and oxygen atoms in total. The van der Waals surface area contributed by atoms with Crippen LogP contribution in [0.15, 0.2) is 18.3 Å². The van der Waals surface area contributed by atoms with Crippen LogP contribution in [0.25, 0.3) is 5.69 Å². The molecule has 0 saturated carbocycles. The standard InChI is InChI=1S/C14H20N4/c1-5-13(15)14-7-6-12(8-16-14)18-11(4)9(2)10(3)17-18/h6-8,13H,5,15H2,1-4H3/t13-/m0/s1. The summed E-state index contributed by atoms with van der Waals surface area (Å²) in [5.74, 6) is 0. The van der Waals surface area contributed by atoms with Crippen molar-refractivity contribution in [2.24, 2.45) is 5.73 Å². The van der Waals surface area contributed by atoms with Crippen LogP contribution in [0.3, 0.4) is 0 Å². The lowest BCUT2D eigenvalue weighted by atomic mass is 10.1. The number of nitrogens with two attached hydrogens (primary N) is 1. The molecular weight excluding hydrogens is 224 g/mol. The molecule has 0 aromatic carbocycles. The molecule has 0 saturated heterocycles. The van der Waals surface area contributed by atoms with Gasteiger partial charge in [-0.05, 0) is 44.9 Å². The maximum Gasteiger partial charge on any atom is 0.0832 e. The summed E-state index contributed by atoms with van der Waals surface area (Å²) in [6.45, 7) is 8.24. The van der Waals surface area contributed by atoms with Gasteiger partial charge in [0, 0.05) is 11.7 Å². The first-order valence-electron chi connectivity index (χ1n) is 6.29. The van der Waals surface area contributed by atoms with Crippen molar-refractivity contribution >= 4 is 0 Å². The summed E-state index contributed by atoms with van der Waals surface area (Å²) in [6.07, 6.45) is 2.73. The van der Waals surface area contributed by atoms with Crippen molar-refractivity contribution in [1.82, 2.24) is 14.8 Å². The predicted molar refractivity (Wildman–Crippen MR) is 72.8 cm³/mol. The molecule has 96 valence electrons. The molecule has 0 aliphatic carbocycles. The van der Waals surface area contributed by atoms with E-state index in [-0.39, 0.29) is 6.04 Å². The molecular formula is C14H20N4. The minimum absolute atomic E-state index is 0.0150. The predicted octanol–water partition coefficient (Wildman–Crippen LogP) is 2.60. The van der Waals surface area contributed by atoms with Gasteiger partial charge in [-0.1, -0.05) is 6.92 Å². The van der Waals surface area contributed by atoms with Crippen molar-refractivity contribution in [1.29, 1.82) is 0 Å². The average Bonchev–Trinajstić information content (AvgIpc) is 2.66. The molecule has 2 aromatic rings. The van der Waals surface area contributed by atoms with Gasteiger partial charge < -0.3 is 5.73 Å². The quantitative estimate of drug-likeness (QED) is 0.903. The summed E-state index contributed by atoms with van der Waals surface area (Å²) < 4.78 is 1.93. The Morgan fingerprint density at radius 2 is 2.00 bits per heavy atom. The highest BCUT2D eigenvalue weighted by molar-refractivity contribution is 5.35. The average molecular weight is 244 g/mol. The highest BCUT2D eigenvalue weighted by atomic mass is 15.3. The molecule has 1 atom stereocenters. The molecule has 0 unspecified atom stereocenters. The molecule has 0 spiro atoms. The first-order chi connectivity index (χ1) is 8.54. The van der Waals surface area contributed by atoms with Crippen LogP contribution in [-0.2, 0) is 0 Å². The first kappa shape index (κ1) is 12.8. The molecule has 0 fully saturated rings. The van der Waals surface area contributed by atoms with Crippen LogP contribution < -0.4 is 5.73 Å². The summed E-state index contributed by atoms with van der Waals surface area (Å²) in [4.78, 5) is 4.42. The lowest BCUT2D eigenvalue weighted by Gasteiger charge is -2.09. The zero-order valence-corrected chi connectivity index (χ0v) is 11.4. The van der Waals surface area contributed by atoms with E-state index in [1.165, 1.54) is 5.56 Å². The second kappa shape index (κ2) is 4.90. The molecule has 0 radical (unpaired) electrons. The Labute approximate surface area is 108 Å². The smallest absolute Gasteiger partial charge is 0.0832 e. The topological polar surface area (TPSA) is 56.7 Å². The highest BCUT2D eigenvalue weighted by Crippen LogP contribution is 2.18. The zero-order valence-electron chi connectivity index (χ0n) is 11.4. The van der Waals surface area contributed by atoms with Crippen molar-refractivity contribution in [2.75, 3.05) is 0 Å². The van der Waals surface area contributed by atoms with Gasteiger partial charge in [-0.2, -0.15) is 5.10 Å². The second-order valence-electron chi connectivity index (χ2n) is 4.66. The second-order valence-corrected chi connectivity index (χ2v) is 4.66. The minimum atomic E-state index is 0.0150. The van der Waals surface area contributed by atoms with Gasteiger partial charge in [0.1, 0.15) is 0 Å². The Morgan fingerprint density at radius 3 is 2.44 bits per heavy atom. The Hall–Kier alpha value is -1.68. The summed E-state index contributed by atoms with van der Waals surface area (Å²) >= 11 is 0. The molecule has 0 bridgehead atoms. The van der Waals surface area contributed by atoms with Gasteiger partial charge in [-0.25, -0.2) is 4.68 Å². The Morgan fingerprint density at radius 1 is 1.28 bits per heavy atom. The Balaban J connectivity index is 2.37. The van der Waals surface area contributed by atoms with E-state index in [0.717, 1.165) is 29.2 Å². The van der Waals surface area contributed by atoms with Crippen molar-refractivity contribution in [3.63, 3.8) is 0 Å². The summed E-state index contributed by atoms with van der Waals surface area (Å²) in [5, 5.41) is 4.52. The monoisotopic (exact) mass is 244 g/mol. The zero-order chi connectivity index (χ0) is 13.3. The van der Waals surface area contributed by atoms with Crippen LogP contribution in [0.2, 0.25) is 0 Å². The van der Waals surface area contributed by atoms with Gasteiger partial charge in [0.15, 0.2) is 0 Å². The number of nitrogens with zero attached hydrogens (tertiary/aromatic N) is 3. The van der Waals surface area contributed by atoms with Gasteiger partial charge in [-0.3, -0.25) is 4.98 Å². The van der Waals surface area contributed by atoms with E-state index in [4.69, 9.17) is 5.73 Å². The molecule has 18 heavy (non-hydrogen) atoms. The molecule has 4 heteroatoms. The molecule has 0 aliphatic heterocycles. The molecule has 2 heterocycles. The van der Waals surface area contributed by atoms with E-state index < -0.39 is 0 Å². The number of rotatable bonds is 3. The van der Waals surface area contributed by atoms with Gasteiger partial charge >= 0.3 is 0 Å². The summed E-state index contributed by atoms with van der Waals surface area (Å²) in [5.41, 5.74) is 11.3. The van der Waals surface area contributed by atoms with Crippen molar-refractivity contribution in [3.8, 4) is 5.69 Å². The minimum Gasteiger partial charge on any atom is -0.323 e. The van der Waals surface area contributed by atoms with E-state index in [2.05, 4.69) is 30.9 Å². The number of pyridine rings is 1. The third-order valence-electron chi connectivity index (χ3n) is 3.49. The van der Waals surface area contributed by atoms with Crippen molar-refractivity contribution in [2.45, 2.75) is 40.2 Å². The van der Waals surface area contributed by atoms with E-state index in [0.29, 0.717) is 0 Å². The number of hydrogen-bond acceptors (Lipinski definition) is 3. The van der Waals surface area contributed by atoms with Crippen molar-refractivity contribution in [3.05, 3.63) is 41.0 Å². The van der Waals surface area contributed by atoms with Crippen LogP contribution in [0.1, 0.15) is 42.0 Å². The molecule has 0 amide bonds. The van der Waals surface area contributed by atoms with Crippen LogP contribution in [0.4, 0.5) is 0 Å². The molecule has 0 aliphatic rings. The fraction of sp³-hybridized carbons (Fsp3) is 0.429. The van der Waals surface area contributed by atoms with Gasteiger partial charge in [0.05, 0.1) is 23.3 Å². The largest absolute Gasteiger partial charge is 0.323 e. The molecule has 2 N–H and O–H groups in total. The van der Waals surface area contributed by atoms with Crippen LogP contribution >= 0.6 is 0 Å². The fourth-order valence-electron chi connectivity index (χ4n) is 1.92. The van der Waals surface area contributed by atoms with Crippen LogP contribution in [-0.4, -0.2) is 14.8 Å². The van der Waals surface area contributed by atoms with E-state index in [1.54, 1.807) is 0 Å². The fourth-order valence-corrected chi connectivity index (χ4v) is 1.92. The van der Waals surface area contributed by atoms with E-state index >= 15 is 0 Å². The van der Waals surface area contributed by atoms with Crippen molar-refractivity contribution < 1.29 is 0 Å². The number of aromatic nitrogens is 3. The van der Waals surface area contributed by atoms with Crippen LogP contribution in [0, 0.1) is 20.8 Å². The summed E-state index contributed by atoms with van der Waals surface area (Å²) in [7, 11) is 0. The van der Waals surface area contributed by atoms with Gasteiger partial charge in [0.25, 0.3) is 0 Å². The van der Waals surface area contributed by atoms with Gasteiger partial charge in [-0.15, -0.1) is 0 Å². The normalized spacial score (nSPS) is 12.7. The summed E-state index contributed by atoms with van der Waals surface area (Å²) in [6, 6.07) is 4.02. The third kappa shape index (κ3) is 2.16. The van der Waals surface area contributed by atoms with Crippen LogP contribution in [0.5, 0.6) is 0 Å². The van der Waals surface area contributed by atoms with E-state index in [1.807, 2.05) is 29.9 Å². The first-order valence-corrected chi connectivity index (χ1v) is 6.29. The Bertz CT molecular complexity index is 540. The third-order valence-corrected chi connectivity index (χ3v) is 3.49. The maximum absolute atomic E-state index is 5.96. The van der Waals surface area contributed by atoms with E-state index in [9.17, 15) is 0 Å². The highest BCUT2D eigenvalue weighted by Gasteiger charge is 2.10. The maximum atomic E-state index is 5.96.